The van der Waals surface area contributed by atoms with Gasteiger partial charge in [-0.1, -0.05) is 72.8 Å². The largest absolute Gasteiger partial charge is 0.494 e. The maximum absolute atomic E-state index is 13.2. The molecule has 0 aliphatic heterocycles. The molecular formula is C66H67N3O8. The van der Waals surface area contributed by atoms with Crippen molar-refractivity contribution in [1.82, 2.24) is 0 Å². The molecule has 0 saturated heterocycles. The van der Waals surface area contributed by atoms with Gasteiger partial charge < -0.3 is 33.2 Å². The third kappa shape index (κ3) is 18.3. The number of ether oxygens (including phenoxy) is 7. The molecule has 77 heavy (non-hydrogen) atoms. The topological polar surface area (TPSA) is 153 Å². The van der Waals surface area contributed by atoms with Gasteiger partial charge in [0.05, 0.1) is 86.7 Å². The second-order valence-corrected chi connectivity index (χ2v) is 18.5. The van der Waals surface area contributed by atoms with E-state index < -0.39 is 5.97 Å². The Kier molecular flexibility index (Phi) is 22.7. The van der Waals surface area contributed by atoms with Crippen LogP contribution in [0.3, 0.4) is 0 Å². The molecule has 0 fully saturated rings. The van der Waals surface area contributed by atoms with Crippen molar-refractivity contribution in [2.24, 2.45) is 0 Å². The molecule has 0 aromatic heterocycles. The lowest BCUT2D eigenvalue weighted by molar-refractivity contribution is 0.0525. The number of carbonyl (C=O) groups excluding carboxylic acids is 1. The predicted molar refractivity (Wildman–Crippen MR) is 301 cm³/mol. The minimum atomic E-state index is -0.453. The van der Waals surface area contributed by atoms with Crippen LogP contribution in [-0.2, 0) is 4.74 Å². The van der Waals surface area contributed by atoms with Gasteiger partial charge in [0.25, 0.3) is 0 Å². The number of hydrogen-bond acceptors (Lipinski definition) is 11. The van der Waals surface area contributed by atoms with E-state index in [1.54, 1.807) is 19.1 Å². The molecule has 0 N–H and O–H groups in total. The molecule has 7 aromatic carbocycles. The van der Waals surface area contributed by atoms with Gasteiger partial charge in [-0.3, -0.25) is 0 Å². The first kappa shape index (κ1) is 56.0. The second-order valence-electron chi connectivity index (χ2n) is 18.5. The summed E-state index contributed by atoms with van der Waals surface area (Å²) in [5.41, 5.74) is 8.61. The van der Waals surface area contributed by atoms with Gasteiger partial charge >= 0.3 is 5.97 Å². The number of hydrogen-bond donors (Lipinski definition) is 0. The molecule has 11 nitrogen and oxygen atoms in total. The highest BCUT2D eigenvalue weighted by molar-refractivity contribution is 5.91. The average Bonchev–Trinajstić information content (AvgIpc) is 3.48. The summed E-state index contributed by atoms with van der Waals surface area (Å²) in [6.45, 7) is 5.14. The molecule has 394 valence electrons. The molecule has 0 aliphatic carbocycles. The Morgan fingerprint density at radius 1 is 0.351 bits per heavy atom. The number of carbonyl (C=O) groups is 1. The normalized spacial score (nSPS) is 10.6. The van der Waals surface area contributed by atoms with E-state index in [-0.39, 0.29) is 6.61 Å². The summed E-state index contributed by atoms with van der Waals surface area (Å²) in [7, 11) is 0. The summed E-state index contributed by atoms with van der Waals surface area (Å²) in [5.74, 6) is 3.40. The van der Waals surface area contributed by atoms with Crippen LogP contribution >= 0.6 is 0 Å². The van der Waals surface area contributed by atoms with Crippen LogP contribution in [0.2, 0.25) is 0 Å². The third-order valence-corrected chi connectivity index (χ3v) is 12.8. The molecule has 0 amide bonds. The Balaban J connectivity index is 0.871. The summed E-state index contributed by atoms with van der Waals surface area (Å²) >= 11 is 0. The van der Waals surface area contributed by atoms with E-state index in [9.17, 15) is 4.79 Å². The number of nitriles is 3. The minimum absolute atomic E-state index is 0.238. The van der Waals surface area contributed by atoms with Crippen molar-refractivity contribution < 1.29 is 38.0 Å². The maximum Gasteiger partial charge on any atom is 0.338 e. The van der Waals surface area contributed by atoms with Gasteiger partial charge in [-0.15, -0.1) is 0 Å². The van der Waals surface area contributed by atoms with Crippen LogP contribution in [-0.4, -0.2) is 52.2 Å². The molecule has 7 rings (SSSR count). The van der Waals surface area contributed by atoms with Crippen molar-refractivity contribution in [2.75, 3.05) is 46.2 Å². The van der Waals surface area contributed by atoms with E-state index in [2.05, 4.69) is 18.2 Å². The van der Waals surface area contributed by atoms with Crippen LogP contribution in [0.1, 0.15) is 111 Å². The van der Waals surface area contributed by atoms with Gasteiger partial charge in [-0.25, -0.2) is 4.79 Å². The standard InChI is InChI=1S/C66H67N3O8/c1-2-71-66(70)59-45-63(75-42-12-6-3-9-39-72-60-33-27-56(28-34-60)53-21-15-50(47-67)16-22-53)65(77-44-14-8-5-11-41-74-62-37-31-58(32-38-62)55-25-19-52(49-69)20-26-55)64(46-59)76-43-13-7-4-10-40-73-61-35-29-57(30-36-61)54-23-17-51(48-68)18-24-54/h15-38,45-46H,2-14,39-44H2,1H3. The highest BCUT2D eigenvalue weighted by Gasteiger charge is 2.20. The van der Waals surface area contributed by atoms with Gasteiger partial charge in [0, 0.05) is 0 Å². The molecule has 0 spiro atoms. The second kappa shape index (κ2) is 31.2. The van der Waals surface area contributed by atoms with Gasteiger partial charge in [0.2, 0.25) is 5.75 Å². The van der Waals surface area contributed by atoms with Gasteiger partial charge in [0.15, 0.2) is 11.5 Å². The number of benzene rings is 7. The SMILES string of the molecule is CCOC(=O)c1cc(OCCCCCCOc2ccc(-c3ccc(C#N)cc3)cc2)c(OCCCCCCOc2ccc(-c3ccc(C#N)cc3)cc2)c(OCCCCCCOc2ccc(-c3ccc(C#N)cc3)cc2)c1. The zero-order valence-electron chi connectivity index (χ0n) is 44.1. The first-order chi connectivity index (χ1) is 37.9. The molecular weight excluding hydrogens is 963 g/mol. The summed E-state index contributed by atoms with van der Waals surface area (Å²) in [4.78, 5) is 13.2. The van der Waals surface area contributed by atoms with Crippen LogP contribution in [0.5, 0.6) is 34.5 Å². The van der Waals surface area contributed by atoms with Crippen molar-refractivity contribution in [3.05, 3.63) is 180 Å². The monoisotopic (exact) mass is 1030 g/mol. The van der Waals surface area contributed by atoms with Crippen molar-refractivity contribution in [2.45, 2.75) is 84.0 Å². The van der Waals surface area contributed by atoms with Crippen LogP contribution in [0, 0.1) is 34.0 Å². The smallest absolute Gasteiger partial charge is 0.338 e. The van der Waals surface area contributed by atoms with E-state index in [4.69, 9.17) is 48.9 Å². The molecule has 7 aromatic rings. The summed E-state index contributed by atoms with van der Waals surface area (Å²) < 4.78 is 42.8. The average molecular weight is 1030 g/mol. The van der Waals surface area contributed by atoms with Crippen LogP contribution < -0.4 is 28.4 Å². The van der Waals surface area contributed by atoms with Crippen molar-refractivity contribution in [3.63, 3.8) is 0 Å². The van der Waals surface area contributed by atoms with Crippen molar-refractivity contribution in [3.8, 4) is 86.1 Å². The minimum Gasteiger partial charge on any atom is -0.494 e. The number of unbranched alkanes of at least 4 members (excludes halogenated alkanes) is 9. The zero-order chi connectivity index (χ0) is 53.7. The quantitative estimate of drug-likeness (QED) is 0.0293. The molecule has 0 unspecified atom stereocenters. The number of rotatable bonds is 32. The molecule has 0 bridgehead atoms. The highest BCUT2D eigenvalue weighted by Crippen LogP contribution is 2.40. The Morgan fingerprint density at radius 3 is 0.883 bits per heavy atom. The Morgan fingerprint density at radius 2 is 0.610 bits per heavy atom. The fourth-order valence-corrected chi connectivity index (χ4v) is 8.49. The lowest BCUT2D eigenvalue weighted by Gasteiger charge is -2.19. The van der Waals surface area contributed by atoms with E-state index in [0.29, 0.717) is 79.1 Å². The molecule has 0 saturated carbocycles. The summed E-state index contributed by atoms with van der Waals surface area (Å²) in [6.07, 6.45) is 10.8. The fourth-order valence-electron chi connectivity index (χ4n) is 8.49. The molecule has 0 aliphatic rings. The van der Waals surface area contributed by atoms with Crippen LogP contribution in [0.25, 0.3) is 33.4 Å². The molecule has 11 heteroatoms. The third-order valence-electron chi connectivity index (χ3n) is 12.8. The zero-order valence-corrected chi connectivity index (χ0v) is 44.1. The van der Waals surface area contributed by atoms with Gasteiger partial charge in [-0.05, 0) is 202 Å². The van der Waals surface area contributed by atoms with Crippen LogP contribution in [0.15, 0.2) is 158 Å². The van der Waals surface area contributed by atoms with E-state index in [1.165, 1.54) is 0 Å². The molecule has 0 atom stereocenters. The fraction of sp³-hybridized carbons (Fsp3) is 0.303. The summed E-state index contributed by atoms with van der Waals surface area (Å²) in [6, 6.07) is 56.6. The van der Waals surface area contributed by atoms with Gasteiger partial charge in [0.1, 0.15) is 17.2 Å². The van der Waals surface area contributed by atoms with Crippen LogP contribution in [0.4, 0.5) is 0 Å². The Labute approximate surface area is 454 Å². The van der Waals surface area contributed by atoms with E-state index in [0.717, 1.165) is 128 Å². The Bertz CT molecular complexity index is 2870. The summed E-state index contributed by atoms with van der Waals surface area (Å²) in [5, 5.41) is 27.3. The predicted octanol–water partition coefficient (Wildman–Crippen LogP) is 15.5. The first-order valence-electron chi connectivity index (χ1n) is 26.9. The van der Waals surface area contributed by atoms with E-state index >= 15 is 0 Å². The molecule has 0 radical (unpaired) electrons. The van der Waals surface area contributed by atoms with Crippen molar-refractivity contribution >= 4 is 5.97 Å². The Hall–Kier alpha value is -8.72. The molecule has 0 heterocycles. The van der Waals surface area contributed by atoms with E-state index in [1.807, 2.05) is 146 Å². The lowest BCUT2D eigenvalue weighted by atomic mass is 10.0. The number of nitrogens with zero attached hydrogens (tertiary/aromatic N) is 3. The lowest BCUT2D eigenvalue weighted by Crippen LogP contribution is -2.10. The van der Waals surface area contributed by atoms with Gasteiger partial charge in [-0.2, -0.15) is 15.8 Å². The number of esters is 1. The maximum atomic E-state index is 13.2. The first-order valence-corrected chi connectivity index (χ1v) is 26.9. The van der Waals surface area contributed by atoms with Crippen molar-refractivity contribution in [1.29, 1.82) is 15.8 Å². The highest BCUT2D eigenvalue weighted by atomic mass is 16.5.